The maximum absolute atomic E-state index is 11.2. The van der Waals surface area contributed by atoms with Gasteiger partial charge in [-0.15, -0.1) is 12.3 Å². The van der Waals surface area contributed by atoms with E-state index in [1.54, 1.807) is 6.92 Å². The van der Waals surface area contributed by atoms with E-state index in [0.29, 0.717) is 0 Å². The molecular formula is C9H10O3. The van der Waals surface area contributed by atoms with Crippen molar-refractivity contribution in [2.45, 2.75) is 13.3 Å². The topological polar surface area (TPSA) is 43.4 Å². The van der Waals surface area contributed by atoms with Gasteiger partial charge in [0.25, 0.3) is 0 Å². The number of terminal acetylenes is 1. The van der Waals surface area contributed by atoms with Gasteiger partial charge in [-0.3, -0.25) is 4.79 Å². The van der Waals surface area contributed by atoms with Gasteiger partial charge in [0.2, 0.25) is 0 Å². The van der Waals surface area contributed by atoms with Crippen LogP contribution in [0.15, 0.2) is 0 Å². The largest absolute Gasteiger partial charge is 0.464 e. The molecule has 3 heteroatoms. The molecule has 0 radical (unpaired) electrons. The Kier molecular flexibility index (Phi) is 2.18. The third-order valence-electron chi connectivity index (χ3n) is 2.31. The summed E-state index contributed by atoms with van der Waals surface area (Å²) in [5.41, 5.74) is -0.795. The summed E-state index contributed by atoms with van der Waals surface area (Å²) in [6.07, 6.45) is 6.10. The van der Waals surface area contributed by atoms with Crippen molar-refractivity contribution < 1.29 is 14.3 Å². The smallest absolute Gasteiger partial charge is 0.313 e. The molecule has 0 bridgehead atoms. The summed E-state index contributed by atoms with van der Waals surface area (Å²) >= 11 is 0. The first kappa shape index (κ1) is 8.79. The molecule has 0 aromatic carbocycles. The normalized spacial score (nSPS) is 34.0. The first-order valence-electron chi connectivity index (χ1n) is 3.71. The van der Waals surface area contributed by atoms with Crippen LogP contribution in [0, 0.1) is 23.7 Å². The fourth-order valence-corrected chi connectivity index (χ4v) is 1.27. The Hall–Kier alpha value is -1.30. The van der Waals surface area contributed by atoms with Crippen LogP contribution in [0.3, 0.4) is 0 Å². The van der Waals surface area contributed by atoms with Crippen molar-refractivity contribution >= 4 is 12.3 Å². The first-order chi connectivity index (χ1) is 5.65. The molecule has 0 aromatic rings. The number of aldehydes is 1. The van der Waals surface area contributed by atoms with Gasteiger partial charge in [0, 0.05) is 6.42 Å². The molecule has 0 N–H and O–H groups in total. The minimum atomic E-state index is -0.795. The summed E-state index contributed by atoms with van der Waals surface area (Å²) in [7, 11) is 0. The third kappa shape index (κ3) is 1.10. The number of rotatable bonds is 2. The highest BCUT2D eigenvalue weighted by Gasteiger charge is 2.47. The van der Waals surface area contributed by atoms with Gasteiger partial charge in [0.1, 0.15) is 12.9 Å². The predicted octanol–water partition coefficient (Wildman–Crippen LogP) is 0.388. The van der Waals surface area contributed by atoms with Crippen molar-refractivity contribution in [3.8, 4) is 12.3 Å². The van der Waals surface area contributed by atoms with E-state index in [9.17, 15) is 9.59 Å². The SMILES string of the molecule is C#CCC1(C)C(=O)OCC1C=O. The molecule has 12 heavy (non-hydrogen) atoms. The van der Waals surface area contributed by atoms with Crippen LogP contribution in [0.4, 0.5) is 0 Å². The zero-order valence-electron chi connectivity index (χ0n) is 6.87. The summed E-state index contributed by atoms with van der Waals surface area (Å²) in [5, 5.41) is 0. The molecule has 0 saturated carbocycles. The van der Waals surface area contributed by atoms with E-state index in [4.69, 9.17) is 11.2 Å². The fraction of sp³-hybridized carbons (Fsp3) is 0.556. The molecule has 1 aliphatic rings. The number of carbonyl (C=O) groups excluding carboxylic acids is 2. The average molecular weight is 166 g/mol. The van der Waals surface area contributed by atoms with Crippen molar-refractivity contribution in [1.82, 2.24) is 0 Å². The molecule has 1 rings (SSSR count). The lowest BCUT2D eigenvalue weighted by atomic mass is 9.78. The van der Waals surface area contributed by atoms with Gasteiger partial charge < -0.3 is 9.53 Å². The van der Waals surface area contributed by atoms with Gasteiger partial charge >= 0.3 is 5.97 Å². The van der Waals surface area contributed by atoms with Gasteiger partial charge in [-0.2, -0.15) is 0 Å². The second kappa shape index (κ2) is 2.98. The lowest BCUT2D eigenvalue weighted by Gasteiger charge is -2.19. The second-order valence-electron chi connectivity index (χ2n) is 3.14. The molecule has 0 spiro atoms. The highest BCUT2D eigenvalue weighted by atomic mass is 16.5. The molecule has 0 aromatic heterocycles. The maximum atomic E-state index is 11.2. The Morgan fingerprint density at radius 1 is 1.92 bits per heavy atom. The summed E-state index contributed by atoms with van der Waals surface area (Å²) in [4.78, 5) is 21.7. The summed E-state index contributed by atoms with van der Waals surface area (Å²) in [6.45, 7) is 1.84. The zero-order valence-corrected chi connectivity index (χ0v) is 6.87. The minimum Gasteiger partial charge on any atom is -0.464 e. The predicted molar refractivity (Wildman–Crippen MR) is 42.1 cm³/mol. The number of esters is 1. The second-order valence-corrected chi connectivity index (χ2v) is 3.14. The van der Waals surface area contributed by atoms with E-state index in [1.165, 1.54) is 0 Å². The van der Waals surface area contributed by atoms with Crippen molar-refractivity contribution in [3.05, 3.63) is 0 Å². The molecule has 0 aliphatic carbocycles. The van der Waals surface area contributed by atoms with Crippen LogP contribution >= 0.6 is 0 Å². The summed E-state index contributed by atoms with van der Waals surface area (Å²) in [5.74, 6) is 1.63. The van der Waals surface area contributed by atoms with Gasteiger partial charge in [-0.05, 0) is 6.92 Å². The molecule has 0 amide bonds. The molecule has 2 unspecified atom stereocenters. The molecule has 1 fully saturated rings. The van der Waals surface area contributed by atoms with Crippen molar-refractivity contribution in [1.29, 1.82) is 0 Å². The molecular weight excluding hydrogens is 156 g/mol. The highest BCUT2D eigenvalue weighted by molar-refractivity contribution is 5.83. The summed E-state index contributed by atoms with van der Waals surface area (Å²) < 4.78 is 4.76. The van der Waals surface area contributed by atoms with E-state index < -0.39 is 5.41 Å². The highest BCUT2D eigenvalue weighted by Crippen LogP contribution is 2.36. The van der Waals surface area contributed by atoms with Gasteiger partial charge in [0.05, 0.1) is 11.3 Å². The van der Waals surface area contributed by atoms with E-state index in [1.807, 2.05) is 0 Å². The fourth-order valence-electron chi connectivity index (χ4n) is 1.27. The van der Waals surface area contributed by atoms with Crippen LogP contribution in [0.25, 0.3) is 0 Å². The van der Waals surface area contributed by atoms with E-state index in [0.717, 1.165) is 6.29 Å². The quantitative estimate of drug-likeness (QED) is 0.338. The van der Waals surface area contributed by atoms with E-state index >= 15 is 0 Å². The van der Waals surface area contributed by atoms with Crippen molar-refractivity contribution in [2.75, 3.05) is 6.61 Å². The molecule has 1 aliphatic heterocycles. The Morgan fingerprint density at radius 3 is 3.08 bits per heavy atom. The van der Waals surface area contributed by atoms with E-state index in [-0.39, 0.29) is 24.9 Å². The lowest BCUT2D eigenvalue weighted by Crippen LogP contribution is -2.30. The molecule has 3 nitrogen and oxygen atoms in total. The Balaban J connectivity index is 2.89. The van der Waals surface area contributed by atoms with Crippen LogP contribution in [0.2, 0.25) is 0 Å². The van der Waals surface area contributed by atoms with Crippen LogP contribution in [0.5, 0.6) is 0 Å². The molecule has 64 valence electrons. The Bertz CT molecular complexity index is 251. The first-order valence-corrected chi connectivity index (χ1v) is 3.71. The minimum absolute atomic E-state index is 0.167. The van der Waals surface area contributed by atoms with Crippen molar-refractivity contribution in [2.24, 2.45) is 11.3 Å². The number of hydrogen-bond donors (Lipinski definition) is 0. The lowest BCUT2D eigenvalue weighted by molar-refractivity contribution is -0.145. The number of carbonyl (C=O) groups is 2. The van der Waals surface area contributed by atoms with Gasteiger partial charge in [-0.1, -0.05) is 0 Å². The monoisotopic (exact) mass is 166 g/mol. The van der Waals surface area contributed by atoms with Gasteiger partial charge in [-0.25, -0.2) is 0 Å². The van der Waals surface area contributed by atoms with Crippen LogP contribution < -0.4 is 0 Å². The molecule has 1 heterocycles. The third-order valence-corrected chi connectivity index (χ3v) is 2.31. The van der Waals surface area contributed by atoms with Crippen LogP contribution in [0.1, 0.15) is 13.3 Å². The van der Waals surface area contributed by atoms with E-state index in [2.05, 4.69) is 5.92 Å². The number of hydrogen-bond acceptors (Lipinski definition) is 3. The Labute approximate surface area is 71.1 Å². The average Bonchev–Trinajstić information content (AvgIpc) is 2.30. The molecule has 2 atom stereocenters. The molecule has 1 saturated heterocycles. The van der Waals surface area contributed by atoms with Crippen molar-refractivity contribution in [3.63, 3.8) is 0 Å². The van der Waals surface area contributed by atoms with Gasteiger partial charge in [0.15, 0.2) is 0 Å². The summed E-state index contributed by atoms with van der Waals surface area (Å²) in [6, 6.07) is 0. The number of ether oxygens (including phenoxy) is 1. The number of cyclic esters (lactones) is 1. The zero-order chi connectivity index (χ0) is 9.19. The standard InChI is InChI=1S/C9H10O3/c1-3-4-9(2)7(5-10)6-12-8(9)11/h1,5,7H,4,6H2,2H3. The van der Waals surface area contributed by atoms with Crippen LogP contribution in [-0.4, -0.2) is 18.9 Å². The Morgan fingerprint density at radius 2 is 2.58 bits per heavy atom. The maximum Gasteiger partial charge on any atom is 0.313 e. The van der Waals surface area contributed by atoms with Crippen LogP contribution in [-0.2, 0) is 14.3 Å².